The molecule has 1 heterocycles. The summed E-state index contributed by atoms with van der Waals surface area (Å²) in [5, 5.41) is 16.9. The van der Waals surface area contributed by atoms with Crippen LogP contribution in [0.15, 0.2) is 27.8 Å². The third-order valence-electron chi connectivity index (χ3n) is 2.20. The first kappa shape index (κ1) is 14.1. The molecule has 1 aromatic carbocycles. The van der Waals surface area contributed by atoms with Crippen molar-refractivity contribution in [2.75, 3.05) is 4.72 Å². The monoisotopic (exact) mass is 366 g/mol. The van der Waals surface area contributed by atoms with E-state index >= 15 is 0 Å². The van der Waals surface area contributed by atoms with Gasteiger partial charge in [-0.3, -0.25) is 4.72 Å². The number of aryl methyl sites for hydroxylation is 1. The lowest BCUT2D eigenvalue weighted by molar-refractivity contribution is 0.477. The first-order valence-electron chi connectivity index (χ1n) is 4.88. The largest absolute Gasteiger partial charge is 0.506 e. The molecule has 7 nitrogen and oxygen atoms in total. The van der Waals surface area contributed by atoms with Gasteiger partial charge in [0.15, 0.2) is 4.60 Å². The normalized spacial score (nSPS) is 11.5. The molecule has 2 aromatic rings. The third-order valence-corrected chi connectivity index (χ3v) is 4.68. The van der Waals surface area contributed by atoms with Gasteiger partial charge >= 0.3 is 0 Å². The van der Waals surface area contributed by atoms with Crippen molar-refractivity contribution in [1.29, 1.82) is 0 Å². The Hall–Kier alpha value is -1.32. The lowest BCUT2D eigenvalue weighted by Gasteiger charge is -2.09. The van der Waals surface area contributed by atoms with Gasteiger partial charge in [0.2, 0.25) is 5.03 Å². The number of halogens is 2. The lowest BCUT2D eigenvalue weighted by atomic mass is 10.3. The maximum atomic E-state index is 12.2. The maximum absolute atomic E-state index is 12.2. The Morgan fingerprint density at radius 2 is 2.16 bits per heavy atom. The highest BCUT2D eigenvalue weighted by molar-refractivity contribution is 9.10. The Kier molecular flexibility index (Phi) is 3.70. The van der Waals surface area contributed by atoms with E-state index in [2.05, 4.69) is 31.0 Å². The van der Waals surface area contributed by atoms with E-state index in [0.717, 1.165) is 4.68 Å². The van der Waals surface area contributed by atoms with Gasteiger partial charge in [0.1, 0.15) is 5.75 Å². The van der Waals surface area contributed by atoms with Gasteiger partial charge in [0.05, 0.1) is 5.69 Å². The Morgan fingerprint density at radius 1 is 1.47 bits per heavy atom. The molecular formula is C9H8BrClN4O3S. The first-order valence-corrected chi connectivity index (χ1v) is 7.53. The fourth-order valence-electron chi connectivity index (χ4n) is 1.39. The average Bonchev–Trinajstić information content (AvgIpc) is 2.63. The minimum Gasteiger partial charge on any atom is -0.506 e. The van der Waals surface area contributed by atoms with Crippen LogP contribution in [0.4, 0.5) is 5.69 Å². The molecule has 102 valence electrons. The molecule has 0 aliphatic carbocycles. The molecule has 2 rings (SSSR count). The fourth-order valence-corrected chi connectivity index (χ4v) is 3.73. The highest BCUT2D eigenvalue weighted by Gasteiger charge is 2.24. The SMILES string of the molecule is Cn1nnc(Br)c1S(=O)(=O)Nc1ccc(Cl)cc1O. The van der Waals surface area contributed by atoms with Crippen LogP contribution >= 0.6 is 27.5 Å². The van der Waals surface area contributed by atoms with E-state index in [1.165, 1.54) is 25.2 Å². The fraction of sp³-hybridized carbons (Fsp3) is 0.111. The zero-order valence-corrected chi connectivity index (χ0v) is 12.7. The molecule has 1 aromatic heterocycles. The van der Waals surface area contributed by atoms with Gasteiger partial charge in [0, 0.05) is 18.1 Å². The maximum Gasteiger partial charge on any atom is 0.282 e. The van der Waals surface area contributed by atoms with Crippen molar-refractivity contribution < 1.29 is 13.5 Å². The van der Waals surface area contributed by atoms with Gasteiger partial charge in [-0.05, 0) is 28.1 Å². The smallest absolute Gasteiger partial charge is 0.282 e. The molecule has 10 heteroatoms. The number of hydrogen-bond acceptors (Lipinski definition) is 5. The second kappa shape index (κ2) is 4.99. The zero-order chi connectivity index (χ0) is 14.2. The molecular weight excluding hydrogens is 360 g/mol. The topological polar surface area (TPSA) is 97.1 Å². The number of benzene rings is 1. The van der Waals surface area contributed by atoms with Gasteiger partial charge in [-0.1, -0.05) is 16.8 Å². The van der Waals surface area contributed by atoms with Crippen LogP contribution in [0.2, 0.25) is 5.02 Å². The van der Waals surface area contributed by atoms with E-state index in [9.17, 15) is 13.5 Å². The number of rotatable bonds is 3. The minimum atomic E-state index is -3.93. The summed E-state index contributed by atoms with van der Waals surface area (Å²) in [5.74, 6) is -0.276. The molecule has 0 amide bonds. The van der Waals surface area contributed by atoms with Crippen LogP contribution in [0, 0.1) is 0 Å². The summed E-state index contributed by atoms with van der Waals surface area (Å²) in [5.41, 5.74) is 0.0116. The second-order valence-corrected chi connectivity index (χ2v) is 6.36. The van der Waals surface area contributed by atoms with Crippen LogP contribution in [0.3, 0.4) is 0 Å². The van der Waals surface area contributed by atoms with E-state index < -0.39 is 10.0 Å². The number of phenolic OH excluding ortho intramolecular Hbond substituents is 1. The molecule has 0 bridgehead atoms. The van der Waals surface area contributed by atoms with Crippen molar-refractivity contribution in [3.63, 3.8) is 0 Å². The van der Waals surface area contributed by atoms with Gasteiger partial charge in [-0.15, -0.1) is 5.10 Å². The third kappa shape index (κ3) is 2.82. The molecule has 0 spiro atoms. The Labute approximate surface area is 122 Å². The van der Waals surface area contributed by atoms with Crippen LogP contribution < -0.4 is 4.72 Å². The number of aromatic nitrogens is 3. The van der Waals surface area contributed by atoms with Crippen molar-refractivity contribution in [3.05, 3.63) is 27.8 Å². The van der Waals surface area contributed by atoms with Gasteiger partial charge in [0.25, 0.3) is 10.0 Å². The van der Waals surface area contributed by atoms with E-state index in [1.807, 2.05) is 0 Å². The quantitative estimate of drug-likeness (QED) is 0.805. The minimum absolute atomic E-state index is 0.0116. The van der Waals surface area contributed by atoms with Crippen molar-refractivity contribution in [2.24, 2.45) is 7.05 Å². The van der Waals surface area contributed by atoms with Gasteiger partial charge < -0.3 is 5.11 Å². The van der Waals surface area contributed by atoms with Crippen molar-refractivity contribution in [3.8, 4) is 5.75 Å². The van der Waals surface area contributed by atoms with Crippen molar-refractivity contribution in [2.45, 2.75) is 5.03 Å². The van der Waals surface area contributed by atoms with Crippen LogP contribution in [0.1, 0.15) is 0 Å². The summed E-state index contributed by atoms with van der Waals surface area (Å²) >= 11 is 8.67. The van der Waals surface area contributed by atoms with Crippen LogP contribution in [0.25, 0.3) is 0 Å². The van der Waals surface area contributed by atoms with Crippen molar-refractivity contribution >= 4 is 43.2 Å². The Balaban J connectivity index is 2.42. The molecule has 0 saturated heterocycles. The predicted octanol–water partition coefficient (Wildman–Crippen LogP) is 1.74. The van der Waals surface area contributed by atoms with Crippen molar-refractivity contribution in [1.82, 2.24) is 15.0 Å². The van der Waals surface area contributed by atoms with Crippen LogP contribution in [-0.4, -0.2) is 28.5 Å². The molecule has 0 fully saturated rings. The highest BCUT2D eigenvalue weighted by Crippen LogP contribution is 2.29. The number of hydrogen-bond donors (Lipinski definition) is 2. The average molecular weight is 368 g/mol. The molecule has 19 heavy (non-hydrogen) atoms. The van der Waals surface area contributed by atoms with Gasteiger partial charge in [-0.2, -0.15) is 8.42 Å². The van der Waals surface area contributed by atoms with Crippen LogP contribution in [-0.2, 0) is 17.1 Å². The standard InChI is InChI=1S/C9H8BrClN4O3S/c1-15-9(8(10)12-14-15)19(17,18)13-6-3-2-5(11)4-7(6)16/h2-4,13,16H,1H3. The Bertz CT molecular complexity index is 712. The summed E-state index contributed by atoms with van der Waals surface area (Å²) in [6, 6.07) is 4.04. The molecule has 0 saturated carbocycles. The second-order valence-electron chi connectivity index (χ2n) is 3.58. The zero-order valence-electron chi connectivity index (χ0n) is 9.50. The highest BCUT2D eigenvalue weighted by atomic mass is 79.9. The van der Waals surface area contributed by atoms with E-state index in [4.69, 9.17) is 11.6 Å². The number of phenols is 1. The van der Waals surface area contributed by atoms with Crippen LogP contribution in [0.5, 0.6) is 5.75 Å². The summed E-state index contributed by atoms with van der Waals surface area (Å²) in [6.45, 7) is 0. The lowest BCUT2D eigenvalue weighted by Crippen LogP contribution is -2.17. The summed E-state index contributed by atoms with van der Waals surface area (Å²) in [4.78, 5) is 0. The molecule has 0 unspecified atom stereocenters. The number of anilines is 1. The van der Waals surface area contributed by atoms with E-state index in [-0.39, 0.29) is 21.1 Å². The molecule has 0 aliphatic rings. The number of sulfonamides is 1. The molecule has 0 radical (unpaired) electrons. The van der Waals surface area contributed by atoms with Gasteiger partial charge in [-0.25, -0.2) is 4.68 Å². The summed E-state index contributed by atoms with van der Waals surface area (Å²) < 4.78 is 27.7. The number of aromatic hydroxyl groups is 1. The molecule has 0 aliphatic heterocycles. The summed E-state index contributed by atoms with van der Waals surface area (Å²) in [6.07, 6.45) is 0. The predicted molar refractivity (Wildman–Crippen MR) is 72.6 cm³/mol. The number of nitrogens with zero attached hydrogens (tertiary/aromatic N) is 3. The first-order chi connectivity index (χ1) is 8.81. The number of nitrogens with one attached hydrogen (secondary N) is 1. The summed E-state index contributed by atoms with van der Waals surface area (Å²) in [7, 11) is -2.49. The Morgan fingerprint density at radius 3 is 2.68 bits per heavy atom. The van der Waals surface area contributed by atoms with E-state index in [0.29, 0.717) is 5.02 Å². The van der Waals surface area contributed by atoms with E-state index in [1.54, 1.807) is 0 Å². The molecule has 0 atom stereocenters. The molecule has 2 N–H and O–H groups in total.